The molecule has 2 aromatic carbocycles. The van der Waals surface area contributed by atoms with Crippen LogP contribution < -0.4 is 10.1 Å². The molecule has 0 spiro atoms. The Labute approximate surface area is 166 Å². The van der Waals surface area contributed by atoms with Gasteiger partial charge in [-0.3, -0.25) is 4.79 Å². The number of rotatable bonds is 3. The molecule has 0 bridgehead atoms. The highest BCUT2D eigenvalue weighted by atomic mass is 16.5. The number of benzene rings is 2. The van der Waals surface area contributed by atoms with E-state index in [1.54, 1.807) is 0 Å². The van der Waals surface area contributed by atoms with Crippen LogP contribution in [-0.4, -0.2) is 17.5 Å². The summed E-state index contributed by atoms with van der Waals surface area (Å²) in [6, 6.07) is 14.5. The van der Waals surface area contributed by atoms with Crippen LogP contribution in [0, 0.1) is 0 Å². The van der Waals surface area contributed by atoms with Crippen LogP contribution in [0.3, 0.4) is 0 Å². The molecule has 2 aliphatic rings. The number of carbonyl (C=O) groups excluding carboxylic acids is 1. The summed E-state index contributed by atoms with van der Waals surface area (Å²) in [4.78, 5) is 16.6. The second-order valence-electron chi connectivity index (χ2n) is 9.19. The molecule has 2 heterocycles. The van der Waals surface area contributed by atoms with E-state index in [0.717, 1.165) is 53.8 Å². The standard InChI is InChI=1S/C24H26N2O2.H2/c1-23(2,3)21-14-16-13-18(5-6-19(16)26-21)25-22(27)24(9-10-24)17-4-7-20-15(12-17)8-11-28-20;/h4-7,12-14,26H,8-11H2,1-3H3,(H,25,27);1H. The number of fused-ring (bicyclic) bond motifs is 2. The molecule has 0 atom stereocenters. The summed E-state index contributed by atoms with van der Waals surface area (Å²) in [5.41, 5.74) is 5.17. The van der Waals surface area contributed by atoms with E-state index in [0.29, 0.717) is 0 Å². The van der Waals surface area contributed by atoms with Crippen LogP contribution in [0.4, 0.5) is 5.69 Å². The Morgan fingerprint density at radius 3 is 2.71 bits per heavy atom. The first-order valence-corrected chi connectivity index (χ1v) is 10.1. The van der Waals surface area contributed by atoms with Crippen molar-refractivity contribution in [3.05, 3.63) is 59.3 Å². The molecule has 1 fully saturated rings. The number of hydrogen-bond acceptors (Lipinski definition) is 2. The van der Waals surface area contributed by atoms with Gasteiger partial charge in [0, 0.05) is 35.5 Å². The smallest absolute Gasteiger partial charge is 0.235 e. The van der Waals surface area contributed by atoms with Crippen LogP contribution >= 0.6 is 0 Å². The van der Waals surface area contributed by atoms with Crippen molar-refractivity contribution in [2.75, 3.05) is 11.9 Å². The summed E-state index contributed by atoms with van der Waals surface area (Å²) in [5, 5.41) is 4.29. The van der Waals surface area contributed by atoms with E-state index in [1.807, 2.05) is 18.2 Å². The van der Waals surface area contributed by atoms with Crippen LogP contribution in [0.5, 0.6) is 5.75 Å². The van der Waals surface area contributed by atoms with E-state index in [1.165, 1.54) is 11.3 Å². The number of anilines is 1. The molecule has 4 nitrogen and oxygen atoms in total. The van der Waals surface area contributed by atoms with Gasteiger partial charge in [0.25, 0.3) is 0 Å². The summed E-state index contributed by atoms with van der Waals surface area (Å²) in [6.45, 7) is 7.32. The Kier molecular flexibility index (Phi) is 3.64. The molecular formula is C24H28N2O2. The third-order valence-corrected chi connectivity index (χ3v) is 6.11. The Balaban J connectivity index is 0.00000205. The fourth-order valence-corrected chi connectivity index (χ4v) is 4.12. The largest absolute Gasteiger partial charge is 0.493 e. The van der Waals surface area contributed by atoms with Gasteiger partial charge in [-0.15, -0.1) is 0 Å². The first-order valence-electron chi connectivity index (χ1n) is 10.1. The molecule has 0 unspecified atom stereocenters. The second kappa shape index (κ2) is 5.87. The van der Waals surface area contributed by atoms with Crippen molar-refractivity contribution in [1.82, 2.24) is 4.98 Å². The van der Waals surface area contributed by atoms with E-state index in [-0.39, 0.29) is 18.2 Å². The number of carbonyl (C=O) groups is 1. The molecule has 1 aliphatic carbocycles. The Morgan fingerprint density at radius 2 is 1.96 bits per heavy atom. The summed E-state index contributed by atoms with van der Waals surface area (Å²) in [7, 11) is 0. The van der Waals surface area contributed by atoms with Gasteiger partial charge in [-0.1, -0.05) is 32.9 Å². The lowest BCUT2D eigenvalue weighted by Gasteiger charge is -2.17. The molecule has 0 saturated heterocycles. The van der Waals surface area contributed by atoms with Crippen LogP contribution in [0.1, 0.15) is 51.9 Å². The SMILES string of the molecule is CC(C)(C)c1cc2cc(NC(=O)C3(c4ccc5c(c4)CCO5)CC3)ccc2[nH]1.[HH]. The number of amides is 1. The summed E-state index contributed by atoms with van der Waals surface area (Å²) in [6.07, 6.45) is 2.74. The van der Waals surface area contributed by atoms with Gasteiger partial charge in [0.1, 0.15) is 5.75 Å². The molecule has 1 aliphatic heterocycles. The molecule has 5 rings (SSSR count). The number of hydrogen-bond donors (Lipinski definition) is 2. The quantitative estimate of drug-likeness (QED) is 0.650. The third-order valence-electron chi connectivity index (χ3n) is 6.11. The third kappa shape index (κ3) is 2.79. The van der Waals surface area contributed by atoms with Gasteiger partial charge in [0.05, 0.1) is 12.0 Å². The normalized spacial score (nSPS) is 17.2. The molecule has 2 N–H and O–H groups in total. The number of H-pyrrole nitrogens is 1. The van der Waals surface area contributed by atoms with Gasteiger partial charge in [0.15, 0.2) is 0 Å². The van der Waals surface area contributed by atoms with E-state index in [4.69, 9.17) is 4.74 Å². The van der Waals surface area contributed by atoms with Crippen molar-refractivity contribution in [2.24, 2.45) is 0 Å². The Hall–Kier alpha value is -2.75. The predicted octanol–water partition coefficient (Wildman–Crippen LogP) is 5.32. The van der Waals surface area contributed by atoms with E-state index in [2.05, 4.69) is 55.3 Å². The molecule has 4 heteroatoms. The molecule has 146 valence electrons. The lowest BCUT2D eigenvalue weighted by atomic mass is 9.92. The Bertz CT molecular complexity index is 1090. The van der Waals surface area contributed by atoms with Gasteiger partial charge in [-0.05, 0) is 54.3 Å². The highest BCUT2D eigenvalue weighted by molar-refractivity contribution is 6.02. The minimum atomic E-state index is -0.388. The van der Waals surface area contributed by atoms with E-state index < -0.39 is 0 Å². The minimum Gasteiger partial charge on any atom is -0.493 e. The van der Waals surface area contributed by atoms with Crippen LogP contribution in [-0.2, 0) is 22.0 Å². The first-order chi connectivity index (χ1) is 13.3. The number of aromatic amines is 1. The van der Waals surface area contributed by atoms with E-state index in [9.17, 15) is 4.79 Å². The molecule has 0 radical (unpaired) electrons. The van der Waals surface area contributed by atoms with Crippen molar-refractivity contribution >= 4 is 22.5 Å². The highest BCUT2D eigenvalue weighted by Crippen LogP contribution is 2.50. The van der Waals surface area contributed by atoms with Gasteiger partial charge in [-0.25, -0.2) is 0 Å². The van der Waals surface area contributed by atoms with Crippen LogP contribution in [0.15, 0.2) is 42.5 Å². The molecule has 1 saturated carbocycles. The van der Waals surface area contributed by atoms with Crippen molar-refractivity contribution in [3.8, 4) is 5.75 Å². The number of nitrogens with one attached hydrogen (secondary N) is 2. The van der Waals surface area contributed by atoms with Gasteiger partial charge in [-0.2, -0.15) is 0 Å². The van der Waals surface area contributed by atoms with Crippen molar-refractivity contribution in [2.45, 2.75) is 50.9 Å². The van der Waals surface area contributed by atoms with Crippen molar-refractivity contribution < 1.29 is 11.0 Å². The first kappa shape index (κ1) is 17.4. The number of ether oxygens (including phenoxy) is 1. The molecule has 3 aromatic rings. The fourth-order valence-electron chi connectivity index (χ4n) is 4.12. The average molecular weight is 377 g/mol. The highest BCUT2D eigenvalue weighted by Gasteiger charge is 2.51. The fraction of sp³-hybridized carbons (Fsp3) is 0.375. The molecular weight excluding hydrogens is 348 g/mol. The second-order valence-corrected chi connectivity index (χ2v) is 9.19. The average Bonchev–Trinajstić information content (AvgIpc) is 3.13. The maximum absolute atomic E-state index is 13.1. The summed E-state index contributed by atoms with van der Waals surface area (Å²) in [5.74, 6) is 1.06. The lowest BCUT2D eigenvalue weighted by molar-refractivity contribution is -0.118. The van der Waals surface area contributed by atoms with Crippen molar-refractivity contribution in [1.29, 1.82) is 0 Å². The maximum Gasteiger partial charge on any atom is 0.235 e. The zero-order valence-corrected chi connectivity index (χ0v) is 16.7. The Morgan fingerprint density at radius 1 is 1.14 bits per heavy atom. The van der Waals surface area contributed by atoms with Gasteiger partial charge < -0.3 is 15.0 Å². The van der Waals surface area contributed by atoms with Crippen LogP contribution in [0.2, 0.25) is 0 Å². The zero-order valence-electron chi connectivity index (χ0n) is 16.7. The van der Waals surface area contributed by atoms with Gasteiger partial charge in [0.2, 0.25) is 5.91 Å². The topological polar surface area (TPSA) is 54.1 Å². The molecule has 28 heavy (non-hydrogen) atoms. The van der Waals surface area contributed by atoms with Crippen LogP contribution in [0.25, 0.3) is 10.9 Å². The summed E-state index contributed by atoms with van der Waals surface area (Å²) < 4.78 is 5.61. The van der Waals surface area contributed by atoms with E-state index >= 15 is 0 Å². The predicted molar refractivity (Wildman–Crippen MR) is 114 cm³/mol. The zero-order chi connectivity index (χ0) is 19.5. The number of aromatic nitrogens is 1. The lowest BCUT2D eigenvalue weighted by Crippen LogP contribution is -2.27. The monoisotopic (exact) mass is 376 g/mol. The molecule has 1 aromatic heterocycles. The van der Waals surface area contributed by atoms with Crippen molar-refractivity contribution in [3.63, 3.8) is 0 Å². The summed E-state index contributed by atoms with van der Waals surface area (Å²) >= 11 is 0. The molecule has 1 amide bonds. The minimum absolute atomic E-state index is 0. The maximum atomic E-state index is 13.1. The van der Waals surface area contributed by atoms with Gasteiger partial charge >= 0.3 is 0 Å².